The largest absolute Gasteiger partial charge is 0.281 e. The van der Waals surface area contributed by atoms with Gasteiger partial charge in [-0.3, -0.25) is 4.99 Å². The van der Waals surface area contributed by atoms with Crippen LogP contribution in [0.4, 0.5) is 0 Å². The first-order valence-corrected chi connectivity index (χ1v) is 3.61. The molecule has 0 aliphatic carbocycles. The van der Waals surface area contributed by atoms with Gasteiger partial charge in [-0.2, -0.15) is 0 Å². The Morgan fingerprint density at radius 3 is 2.70 bits per heavy atom. The van der Waals surface area contributed by atoms with E-state index in [1.807, 2.05) is 0 Å². The summed E-state index contributed by atoms with van der Waals surface area (Å²) in [7, 11) is 0. The van der Waals surface area contributed by atoms with Gasteiger partial charge < -0.3 is 0 Å². The highest BCUT2D eigenvalue weighted by atomic mass is 14.8. The van der Waals surface area contributed by atoms with E-state index in [9.17, 15) is 0 Å². The van der Waals surface area contributed by atoms with Gasteiger partial charge in [0.15, 0.2) is 0 Å². The van der Waals surface area contributed by atoms with Gasteiger partial charge in [0.05, 0.1) is 12.3 Å². The Labute approximate surface area is 62.2 Å². The maximum atomic E-state index is 4.26. The predicted octanol–water partition coefficient (Wildman–Crippen LogP) is 2.21. The number of hydrogen-bond donors (Lipinski definition) is 0. The van der Waals surface area contributed by atoms with E-state index in [1.54, 1.807) is 6.08 Å². The summed E-state index contributed by atoms with van der Waals surface area (Å²) in [5.74, 6) is 0.626. The van der Waals surface area contributed by atoms with E-state index in [-0.39, 0.29) is 0 Å². The van der Waals surface area contributed by atoms with Crippen molar-refractivity contribution < 1.29 is 0 Å². The molecule has 1 nitrogen and oxygen atoms in total. The lowest BCUT2D eigenvalue weighted by atomic mass is 10.0. The molecule has 1 heteroatoms. The topological polar surface area (TPSA) is 12.4 Å². The van der Waals surface area contributed by atoms with E-state index in [4.69, 9.17) is 0 Å². The lowest BCUT2D eigenvalue weighted by Crippen LogP contribution is -1.93. The summed E-state index contributed by atoms with van der Waals surface area (Å²) in [6.45, 7) is 8.91. The first-order chi connectivity index (χ1) is 4.74. The Kier molecular flexibility index (Phi) is 2.05. The lowest BCUT2D eigenvalue weighted by molar-refractivity contribution is 0.754. The van der Waals surface area contributed by atoms with Gasteiger partial charge in [-0.25, -0.2) is 0 Å². The quantitative estimate of drug-likeness (QED) is 0.550. The zero-order chi connectivity index (χ0) is 7.56. The number of hydrogen-bond acceptors (Lipinski definition) is 1. The van der Waals surface area contributed by atoms with Gasteiger partial charge in [-0.1, -0.05) is 20.4 Å². The van der Waals surface area contributed by atoms with E-state index >= 15 is 0 Å². The average Bonchev–Trinajstić information content (AvgIpc) is 2.34. The monoisotopic (exact) mass is 135 g/mol. The molecule has 0 amide bonds. The van der Waals surface area contributed by atoms with Crippen LogP contribution in [0.25, 0.3) is 0 Å². The molecule has 1 heterocycles. The number of allylic oxidation sites excluding steroid dienone is 2. The number of nitrogens with zero attached hydrogens (tertiary/aromatic N) is 1. The molecule has 0 atom stereocenters. The molecule has 0 aromatic heterocycles. The zero-order valence-corrected chi connectivity index (χ0v) is 6.59. The van der Waals surface area contributed by atoms with E-state index < -0.39 is 0 Å². The maximum absolute atomic E-state index is 4.26. The van der Waals surface area contributed by atoms with Crippen molar-refractivity contribution in [3.8, 4) is 0 Å². The molecule has 0 bridgehead atoms. The predicted molar refractivity (Wildman–Crippen MR) is 45.4 cm³/mol. The third-order valence-corrected chi connectivity index (χ3v) is 1.73. The summed E-state index contributed by atoms with van der Waals surface area (Å²) in [5.41, 5.74) is 2.44. The van der Waals surface area contributed by atoms with Crippen LogP contribution in [0.3, 0.4) is 0 Å². The third-order valence-electron chi connectivity index (χ3n) is 1.73. The van der Waals surface area contributed by atoms with Crippen LogP contribution in [0, 0.1) is 5.92 Å². The minimum Gasteiger partial charge on any atom is -0.281 e. The van der Waals surface area contributed by atoms with E-state index in [2.05, 4.69) is 31.5 Å². The molecule has 0 fully saturated rings. The molecule has 0 saturated carbocycles. The molecule has 0 saturated heterocycles. The highest BCUT2D eigenvalue weighted by Crippen LogP contribution is 2.14. The minimum absolute atomic E-state index is 0.626. The minimum atomic E-state index is 0.626. The van der Waals surface area contributed by atoms with Gasteiger partial charge in [0, 0.05) is 0 Å². The van der Waals surface area contributed by atoms with Crippen LogP contribution in [0.1, 0.15) is 13.8 Å². The highest BCUT2D eigenvalue weighted by molar-refractivity contribution is 6.05. The molecule has 0 spiro atoms. The van der Waals surface area contributed by atoms with Crippen LogP contribution in [-0.4, -0.2) is 12.3 Å². The van der Waals surface area contributed by atoms with Crippen molar-refractivity contribution in [3.05, 3.63) is 24.3 Å². The van der Waals surface area contributed by atoms with Gasteiger partial charge in [0.1, 0.15) is 0 Å². The van der Waals surface area contributed by atoms with E-state index in [1.165, 1.54) is 5.57 Å². The fourth-order valence-electron chi connectivity index (χ4n) is 0.937. The molecule has 54 valence electrons. The lowest BCUT2D eigenvalue weighted by Gasteiger charge is -2.01. The van der Waals surface area contributed by atoms with Crippen molar-refractivity contribution in [2.45, 2.75) is 13.8 Å². The fourth-order valence-corrected chi connectivity index (χ4v) is 0.937. The summed E-state index contributed by atoms with van der Waals surface area (Å²) in [4.78, 5) is 4.26. The first-order valence-electron chi connectivity index (χ1n) is 3.61. The molecule has 10 heavy (non-hydrogen) atoms. The van der Waals surface area contributed by atoms with Crippen LogP contribution in [0.15, 0.2) is 29.3 Å². The van der Waals surface area contributed by atoms with Gasteiger partial charge in [0.2, 0.25) is 0 Å². The van der Waals surface area contributed by atoms with Crippen LogP contribution in [-0.2, 0) is 0 Å². The van der Waals surface area contributed by atoms with Gasteiger partial charge >= 0.3 is 0 Å². The summed E-state index contributed by atoms with van der Waals surface area (Å²) in [6.07, 6.45) is 3.92. The van der Waals surface area contributed by atoms with Crippen molar-refractivity contribution in [1.29, 1.82) is 0 Å². The second kappa shape index (κ2) is 2.82. The van der Waals surface area contributed by atoms with Crippen LogP contribution < -0.4 is 0 Å². The third kappa shape index (κ3) is 1.35. The average molecular weight is 135 g/mol. The first kappa shape index (κ1) is 7.26. The summed E-state index contributed by atoms with van der Waals surface area (Å²) >= 11 is 0. The van der Waals surface area contributed by atoms with Gasteiger partial charge in [0.25, 0.3) is 0 Å². The molecule has 0 radical (unpaired) electrons. The highest BCUT2D eigenvalue weighted by Gasteiger charge is 2.07. The Morgan fingerprint density at radius 2 is 2.40 bits per heavy atom. The maximum Gasteiger partial charge on any atom is 0.0613 e. The number of aliphatic imine (C=N–C) groups is 1. The SMILES string of the molecule is C=CC1=NCC(C(C)C)=C1. The summed E-state index contributed by atoms with van der Waals surface area (Å²) in [6, 6.07) is 0. The van der Waals surface area contributed by atoms with Crippen molar-refractivity contribution in [1.82, 2.24) is 0 Å². The fraction of sp³-hybridized carbons (Fsp3) is 0.444. The summed E-state index contributed by atoms with van der Waals surface area (Å²) in [5, 5.41) is 0. The van der Waals surface area contributed by atoms with Crippen LogP contribution in [0.5, 0.6) is 0 Å². The van der Waals surface area contributed by atoms with Crippen molar-refractivity contribution in [2.24, 2.45) is 10.9 Å². The molecular formula is C9H13N. The smallest absolute Gasteiger partial charge is 0.0613 e. The molecule has 1 rings (SSSR count). The van der Waals surface area contributed by atoms with E-state index in [0.29, 0.717) is 5.92 Å². The van der Waals surface area contributed by atoms with Crippen LogP contribution in [0.2, 0.25) is 0 Å². The standard InChI is InChI=1S/C9H13N/c1-4-9-5-8(6-10-9)7(2)3/h4-5,7H,1,6H2,2-3H3. The van der Waals surface area contributed by atoms with Crippen molar-refractivity contribution >= 4 is 5.71 Å². The second-order valence-corrected chi connectivity index (χ2v) is 2.82. The van der Waals surface area contributed by atoms with Crippen molar-refractivity contribution in [3.63, 3.8) is 0 Å². The molecule has 0 aromatic carbocycles. The molecule has 0 aromatic rings. The summed E-state index contributed by atoms with van der Waals surface area (Å²) < 4.78 is 0. The van der Waals surface area contributed by atoms with E-state index in [0.717, 1.165) is 12.3 Å². The Morgan fingerprint density at radius 1 is 1.70 bits per heavy atom. The Balaban J connectivity index is 2.66. The number of rotatable bonds is 2. The second-order valence-electron chi connectivity index (χ2n) is 2.82. The normalized spacial score (nSPS) is 17.1. The Hall–Kier alpha value is -0.850. The Bertz CT molecular complexity index is 197. The van der Waals surface area contributed by atoms with Gasteiger partial charge in [-0.05, 0) is 23.6 Å². The molecule has 1 aliphatic rings. The van der Waals surface area contributed by atoms with Crippen molar-refractivity contribution in [2.75, 3.05) is 6.54 Å². The van der Waals surface area contributed by atoms with Crippen LogP contribution >= 0.6 is 0 Å². The molecule has 0 unspecified atom stereocenters. The molecular weight excluding hydrogens is 122 g/mol. The molecule has 0 N–H and O–H groups in total. The van der Waals surface area contributed by atoms with Gasteiger partial charge in [-0.15, -0.1) is 0 Å². The molecule has 1 aliphatic heterocycles. The zero-order valence-electron chi connectivity index (χ0n) is 6.59.